The first-order valence-electron chi connectivity index (χ1n) is 7.67. The van der Waals surface area contributed by atoms with Crippen LogP contribution in [0.3, 0.4) is 0 Å². The van der Waals surface area contributed by atoms with E-state index in [-0.39, 0.29) is 5.91 Å². The van der Waals surface area contributed by atoms with E-state index in [1.165, 1.54) is 19.3 Å². The van der Waals surface area contributed by atoms with Gasteiger partial charge in [0.1, 0.15) is 0 Å². The highest BCUT2D eigenvalue weighted by Crippen LogP contribution is 2.40. The summed E-state index contributed by atoms with van der Waals surface area (Å²) in [4.78, 5) is 15.5. The summed E-state index contributed by atoms with van der Waals surface area (Å²) in [7, 11) is 0. The first-order valence-corrected chi connectivity index (χ1v) is 8.08. The maximum Gasteiger partial charge on any atom is 0.235 e. The lowest BCUT2D eigenvalue weighted by atomic mass is 9.79. The predicted octanol–water partition coefficient (Wildman–Crippen LogP) is 2.87. The molecule has 4 heteroatoms. The van der Waals surface area contributed by atoms with E-state index >= 15 is 0 Å². The molecule has 0 bridgehead atoms. The summed E-state index contributed by atoms with van der Waals surface area (Å²) >= 11 is 5.22. The van der Waals surface area contributed by atoms with Crippen molar-refractivity contribution >= 4 is 23.1 Å². The molecule has 19 heavy (non-hydrogen) atoms. The molecule has 108 valence electrons. The van der Waals surface area contributed by atoms with E-state index < -0.39 is 5.41 Å². The summed E-state index contributed by atoms with van der Waals surface area (Å²) in [6, 6.07) is 0.452. The van der Waals surface area contributed by atoms with Gasteiger partial charge in [-0.1, -0.05) is 38.9 Å². The summed E-state index contributed by atoms with van der Waals surface area (Å²) in [6.45, 7) is 4.95. The third kappa shape index (κ3) is 2.39. The zero-order valence-corrected chi connectivity index (χ0v) is 13.0. The number of thiocarbonyl (C=S) groups is 1. The fourth-order valence-corrected chi connectivity index (χ4v) is 4.32. The average Bonchev–Trinajstić information content (AvgIpc) is 2.84. The Morgan fingerprint density at radius 1 is 1.26 bits per heavy atom. The Balaban J connectivity index is 2.20. The van der Waals surface area contributed by atoms with Crippen LogP contribution in [0.25, 0.3) is 0 Å². The molecule has 2 atom stereocenters. The first kappa shape index (κ1) is 14.8. The molecule has 0 aromatic rings. The number of amides is 1. The lowest BCUT2D eigenvalue weighted by Gasteiger charge is -2.38. The van der Waals surface area contributed by atoms with Gasteiger partial charge in [0.05, 0.1) is 10.4 Å². The van der Waals surface area contributed by atoms with E-state index in [0.717, 1.165) is 25.3 Å². The lowest BCUT2D eigenvalue weighted by molar-refractivity contribution is -0.140. The molecule has 0 radical (unpaired) electrons. The molecule has 1 amide bonds. The topological polar surface area (TPSA) is 46.3 Å². The highest BCUT2D eigenvalue weighted by Gasteiger charge is 2.46. The number of carbonyl (C=O) groups is 1. The molecule has 1 aliphatic heterocycles. The van der Waals surface area contributed by atoms with Crippen LogP contribution in [-0.2, 0) is 4.79 Å². The summed E-state index contributed by atoms with van der Waals surface area (Å²) in [5, 5.41) is 0. The summed E-state index contributed by atoms with van der Waals surface area (Å²) in [5.74, 6) is 0.912. The molecule has 3 nitrogen and oxygen atoms in total. The average molecular weight is 282 g/mol. The molecule has 0 aromatic heterocycles. The van der Waals surface area contributed by atoms with Crippen molar-refractivity contribution in [3.05, 3.63) is 0 Å². The Labute approximate surface area is 121 Å². The minimum absolute atomic E-state index is 0.194. The number of hydrogen-bond donors (Lipinski definition) is 1. The Bertz CT molecular complexity index is 365. The number of likely N-dealkylation sites (tertiary alicyclic amines) is 1. The van der Waals surface area contributed by atoms with E-state index in [0.29, 0.717) is 23.9 Å². The van der Waals surface area contributed by atoms with Crippen molar-refractivity contribution in [1.29, 1.82) is 0 Å². The highest BCUT2D eigenvalue weighted by atomic mass is 32.1. The van der Waals surface area contributed by atoms with Gasteiger partial charge in [-0.15, -0.1) is 0 Å². The number of carbonyl (C=O) groups excluding carboxylic acids is 1. The van der Waals surface area contributed by atoms with Crippen LogP contribution in [0.4, 0.5) is 0 Å². The van der Waals surface area contributed by atoms with Crippen molar-refractivity contribution in [2.24, 2.45) is 17.1 Å². The largest absolute Gasteiger partial charge is 0.392 e. The summed E-state index contributed by atoms with van der Waals surface area (Å²) in [6.07, 6.45) is 7.62. The van der Waals surface area contributed by atoms with Crippen molar-refractivity contribution in [2.75, 3.05) is 6.54 Å². The van der Waals surface area contributed by atoms with Crippen molar-refractivity contribution < 1.29 is 4.79 Å². The third-order valence-corrected chi connectivity index (χ3v) is 5.75. The molecule has 0 aromatic carbocycles. The van der Waals surface area contributed by atoms with Crippen molar-refractivity contribution in [1.82, 2.24) is 4.90 Å². The van der Waals surface area contributed by atoms with E-state index in [2.05, 4.69) is 4.90 Å². The molecule has 0 spiro atoms. The SMILES string of the molecule is CCC(CC)(C(=O)N1CCC2CCCCC21)C(N)=S. The van der Waals surface area contributed by atoms with E-state index in [1.807, 2.05) is 13.8 Å². The highest BCUT2D eigenvalue weighted by molar-refractivity contribution is 7.80. The van der Waals surface area contributed by atoms with Gasteiger partial charge in [-0.25, -0.2) is 0 Å². The van der Waals surface area contributed by atoms with Gasteiger partial charge < -0.3 is 10.6 Å². The van der Waals surface area contributed by atoms with Crippen LogP contribution in [0, 0.1) is 11.3 Å². The second-order valence-electron chi connectivity index (χ2n) is 6.05. The molecule has 2 N–H and O–H groups in total. The zero-order valence-electron chi connectivity index (χ0n) is 12.2. The van der Waals surface area contributed by atoms with Gasteiger partial charge >= 0.3 is 0 Å². The number of hydrogen-bond acceptors (Lipinski definition) is 2. The number of fused-ring (bicyclic) bond motifs is 1. The molecular weight excluding hydrogens is 256 g/mol. The summed E-state index contributed by atoms with van der Waals surface area (Å²) < 4.78 is 0. The van der Waals surface area contributed by atoms with Gasteiger partial charge in [-0.05, 0) is 38.0 Å². The van der Waals surface area contributed by atoms with Crippen LogP contribution in [0.5, 0.6) is 0 Å². The van der Waals surface area contributed by atoms with Crippen LogP contribution in [-0.4, -0.2) is 28.4 Å². The molecule has 2 unspecified atom stereocenters. The predicted molar refractivity (Wildman–Crippen MR) is 81.9 cm³/mol. The third-order valence-electron chi connectivity index (χ3n) is 5.36. The Hall–Kier alpha value is -0.640. The van der Waals surface area contributed by atoms with Gasteiger partial charge in [-0.3, -0.25) is 4.79 Å². The lowest BCUT2D eigenvalue weighted by Crippen LogP contribution is -2.52. The Morgan fingerprint density at radius 2 is 1.89 bits per heavy atom. The van der Waals surface area contributed by atoms with Crippen LogP contribution in [0.15, 0.2) is 0 Å². The maximum atomic E-state index is 13.0. The second kappa shape index (κ2) is 5.78. The molecule has 2 fully saturated rings. The number of nitrogens with two attached hydrogens (primary N) is 1. The van der Waals surface area contributed by atoms with Gasteiger partial charge in [-0.2, -0.15) is 0 Å². The minimum atomic E-state index is -0.609. The van der Waals surface area contributed by atoms with E-state index in [9.17, 15) is 4.79 Å². The zero-order chi connectivity index (χ0) is 14.0. The van der Waals surface area contributed by atoms with E-state index in [1.54, 1.807) is 0 Å². The van der Waals surface area contributed by atoms with Crippen molar-refractivity contribution in [2.45, 2.75) is 64.8 Å². The molecule has 2 aliphatic rings. The number of nitrogens with zero attached hydrogens (tertiary/aromatic N) is 1. The smallest absolute Gasteiger partial charge is 0.235 e. The molecule has 1 heterocycles. The molecule has 1 saturated heterocycles. The fourth-order valence-electron chi connectivity index (χ4n) is 3.94. The second-order valence-corrected chi connectivity index (χ2v) is 6.49. The van der Waals surface area contributed by atoms with Gasteiger partial charge in [0.15, 0.2) is 0 Å². The quantitative estimate of drug-likeness (QED) is 0.807. The number of rotatable bonds is 4. The normalized spacial score (nSPS) is 27.2. The molecule has 2 rings (SSSR count). The fraction of sp³-hybridized carbons (Fsp3) is 0.867. The van der Waals surface area contributed by atoms with Crippen LogP contribution in [0.1, 0.15) is 58.8 Å². The summed E-state index contributed by atoms with van der Waals surface area (Å²) in [5.41, 5.74) is 5.30. The van der Waals surface area contributed by atoms with Gasteiger partial charge in [0.2, 0.25) is 5.91 Å². The van der Waals surface area contributed by atoms with E-state index in [4.69, 9.17) is 18.0 Å². The standard InChI is InChI=1S/C15H26N2OS/c1-3-15(4-2,13(16)19)14(18)17-10-9-11-7-5-6-8-12(11)17/h11-12H,3-10H2,1-2H3,(H2,16,19). The van der Waals surface area contributed by atoms with Gasteiger partial charge in [0.25, 0.3) is 0 Å². The van der Waals surface area contributed by atoms with Crippen LogP contribution in [0.2, 0.25) is 0 Å². The van der Waals surface area contributed by atoms with Crippen LogP contribution < -0.4 is 5.73 Å². The van der Waals surface area contributed by atoms with Crippen molar-refractivity contribution in [3.63, 3.8) is 0 Å². The maximum absolute atomic E-state index is 13.0. The molecule has 1 aliphatic carbocycles. The molecule has 1 saturated carbocycles. The monoisotopic (exact) mass is 282 g/mol. The van der Waals surface area contributed by atoms with Crippen LogP contribution >= 0.6 is 12.2 Å². The first-order chi connectivity index (χ1) is 9.06. The van der Waals surface area contributed by atoms with Gasteiger partial charge in [0, 0.05) is 12.6 Å². The minimum Gasteiger partial charge on any atom is -0.392 e. The Kier molecular flexibility index (Phi) is 4.49. The Morgan fingerprint density at radius 3 is 2.47 bits per heavy atom. The van der Waals surface area contributed by atoms with Crippen molar-refractivity contribution in [3.8, 4) is 0 Å². The molecular formula is C15H26N2OS.